The Balaban J connectivity index is 0.000000140. The van der Waals surface area contributed by atoms with Crippen molar-refractivity contribution in [2.75, 3.05) is 19.6 Å². The number of carbonyl (C=O) groups is 4. The first kappa shape index (κ1) is 106. The molecule has 4 aliphatic carbocycles. The molecule has 746 valence electrons. The SMILES string of the molecule is CCCCN(CCCC)C(=O)c1ccc(-c2c3cc(Cl)c(=O)cc-3oc3cc(O)c(Cl)cc23)cc1.O=C(CCc1ccc(OC(F)(F)F)cc1)c1ccc(-c2c3cc(Cl)c(=O)cc-3oc3cc(O)c(Cl)cc23)cc1.O=C(NCCCCc1ccccc1)c1ccc(-c2c3cc(Cl)c(=O)cc-3oc3cc(O)c(Cl)cc23)cc1.O=C(NCc1c(Cl)cccc1Cl)c1ccc(-c2c3cc(Cl)c(=O)cc-3oc3cc(O)c(Cl)cc23)cc1. The number of alkyl halides is 3. The summed E-state index contributed by atoms with van der Waals surface area (Å²) in [6.45, 7) is 6.49. The van der Waals surface area contributed by atoms with E-state index in [9.17, 15) is 72.0 Å². The van der Waals surface area contributed by atoms with Crippen LogP contribution in [0.3, 0.4) is 0 Å². The number of ether oxygens (including phenoxy) is 1. The molecule has 0 saturated heterocycles. The van der Waals surface area contributed by atoms with Crippen LogP contribution < -0.4 is 37.1 Å². The summed E-state index contributed by atoms with van der Waals surface area (Å²) in [6.07, 6.45) is 2.57. The van der Waals surface area contributed by atoms with Crippen molar-refractivity contribution < 1.29 is 75.2 Å². The molecule has 4 aliphatic heterocycles. The van der Waals surface area contributed by atoms with E-state index >= 15 is 0 Å². The number of nitrogens with zero attached hydrogens (tertiary/aromatic N) is 1. The minimum Gasteiger partial charge on any atom is -0.506 e. The Kier molecular flexibility index (Phi) is 33.3. The third-order valence-corrected chi connectivity index (χ3v) is 27.4. The van der Waals surface area contributed by atoms with Crippen LogP contribution in [-0.2, 0) is 19.4 Å². The molecule has 147 heavy (non-hydrogen) atoms. The van der Waals surface area contributed by atoms with Gasteiger partial charge in [0.25, 0.3) is 17.7 Å². The normalized spacial score (nSPS) is 11.4. The fourth-order valence-electron chi connectivity index (χ4n) is 16.9. The highest BCUT2D eigenvalue weighted by Gasteiger charge is 2.32. The first-order chi connectivity index (χ1) is 70.4. The quantitative estimate of drug-likeness (QED) is 0.0176. The predicted molar refractivity (Wildman–Crippen MR) is 576 cm³/mol. The van der Waals surface area contributed by atoms with Crippen molar-refractivity contribution >= 4 is 183 Å². The monoisotopic (exact) mass is 2170 g/mol. The van der Waals surface area contributed by atoms with Gasteiger partial charge in [-0.1, -0.05) is 252 Å². The minimum atomic E-state index is -4.77. The molecule has 4 heterocycles. The first-order valence-corrected chi connectivity index (χ1v) is 49.7. The third kappa shape index (κ3) is 24.6. The number of unbranched alkanes of at least 4 members (excludes halogenated alkanes) is 3. The number of aryl methyl sites for hydroxylation is 2. The number of Topliss-reactive ketones (excluding diaryl/α,β-unsaturated/α-hetero) is 1. The number of rotatable bonds is 25. The topological polar surface area (TPSA) is 307 Å². The summed E-state index contributed by atoms with van der Waals surface area (Å²) in [7, 11) is 0. The number of fused-ring (bicyclic) bond motifs is 8. The van der Waals surface area contributed by atoms with E-state index in [1.54, 1.807) is 115 Å². The molecule has 0 fully saturated rings. The molecule has 11 aromatic rings. The van der Waals surface area contributed by atoms with Crippen molar-refractivity contribution in [2.24, 2.45) is 0 Å². The number of ketones is 1. The lowest BCUT2D eigenvalue weighted by atomic mass is 9.92. The van der Waals surface area contributed by atoms with E-state index < -0.39 is 11.8 Å². The van der Waals surface area contributed by atoms with Crippen LogP contribution in [0.5, 0.6) is 28.7 Å². The lowest BCUT2D eigenvalue weighted by Gasteiger charge is -2.23. The van der Waals surface area contributed by atoms with Crippen LogP contribution >= 0.6 is 116 Å². The fraction of sp³-hybridized carbons (Fsp3) is 0.140. The van der Waals surface area contributed by atoms with Crippen molar-refractivity contribution in [2.45, 2.75) is 84.5 Å². The number of amides is 3. The summed E-state index contributed by atoms with van der Waals surface area (Å²) in [5, 5.41) is 50.3. The van der Waals surface area contributed by atoms with Crippen molar-refractivity contribution in [1.82, 2.24) is 15.5 Å². The molecule has 0 aromatic heterocycles. The van der Waals surface area contributed by atoms with E-state index in [1.165, 1.54) is 90.5 Å². The highest BCUT2D eigenvalue weighted by molar-refractivity contribution is 6.37. The van der Waals surface area contributed by atoms with Gasteiger partial charge in [-0.15, -0.1) is 13.2 Å². The maximum atomic E-state index is 13.2. The van der Waals surface area contributed by atoms with Gasteiger partial charge in [-0.05, 0) is 181 Å². The van der Waals surface area contributed by atoms with Gasteiger partial charge in [-0.2, -0.15) is 0 Å². The second-order valence-electron chi connectivity index (χ2n) is 34.2. The van der Waals surface area contributed by atoms with Gasteiger partial charge in [0.1, 0.15) is 74.1 Å². The second-order valence-corrected chi connectivity index (χ2v) is 38.3. The molecule has 0 atom stereocenters. The highest BCUT2D eigenvalue weighted by atomic mass is 35.5. The van der Waals surface area contributed by atoms with Gasteiger partial charge >= 0.3 is 6.36 Å². The van der Waals surface area contributed by atoms with Crippen LogP contribution in [0.25, 0.3) is 134 Å². The van der Waals surface area contributed by atoms with E-state index in [4.69, 9.17) is 134 Å². The summed E-state index contributed by atoms with van der Waals surface area (Å²) in [5.41, 5.74) is 12.7. The van der Waals surface area contributed by atoms with Crippen LogP contribution in [0.2, 0.25) is 50.2 Å². The standard InChI is InChI=1S/C30H23Cl2NO4.C29H17Cl2F3O5.C28H27Cl2NO4.C27H15Cl4NO4/c31-23-14-21-27(16-25(23)34)37-28-17-26(35)24(32)15-22(28)29(21)19-9-11-20(12-10-19)30(36)33-13-5-4-8-18-6-2-1-3-7-18;30-21-11-19-26(13-24(21)36)38-27-14-25(37)22(31)12-20(27)28(19)17-6-4-16(5-7-17)23(35)10-3-15-1-8-18(9-2-15)39-29(32,33)34;1-3-5-11-31(12-6-4-2)28(34)18-9-7-17(8-10-18)27-19-13-21(29)23(32)15-25(19)35-26-16-24(33)22(30)14-20(26)27;28-18-2-1-3-19(29)17(18)12-32-27(35)14-6-4-13(5-7-14)26-15-8-20(30)22(33)10-24(15)36-25-11-23(34)21(31)9-16(25)26/h1-3,6-7,9-12,14-17,34H,4-5,8,13H2,(H,33,36);1-2,4-9,11-14,36H,3,10H2;7-10,13-16,32H,3-6,11-12H2,1-2H3;1-11,33H,12H2,(H,32,35). The number of benzene rings is 15. The van der Waals surface area contributed by atoms with Gasteiger partial charge in [-0.25, -0.2) is 0 Å². The molecule has 6 N–H and O–H groups in total. The number of phenolic OH excluding ortho intramolecular Hbond substituents is 4. The molecule has 0 radical (unpaired) electrons. The van der Waals surface area contributed by atoms with Crippen molar-refractivity contribution in [3.05, 3.63) is 397 Å². The third-order valence-electron chi connectivity index (χ3n) is 24.3. The predicted octanol–water partition coefficient (Wildman–Crippen LogP) is 31.1. The van der Waals surface area contributed by atoms with E-state index in [-0.39, 0.29) is 127 Å². The van der Waals surface area contributed by atoms with Gasteiger partial charge in [0.2, 0.25) is 21.7 Å². The summed E-state index contributed by atoms with van der Waals surface area (Å²) in [6, 6.07) is 72.4. The van der Waals surface area contributed by atoms with Crippen LogP contribution in [-0.4, -0.2) is 74.8 Å². The van der Waals surface area contributed by atoms with Gasteiger partial charge in [-0.3, -0.25) is 38.4 Å². The molecule has 0 spiro atoms. The van der Waals surface area contributed by atoms with Crippen LogP contribution in [0, 0.1) is 0 Å². The average molecular weight is 2180 g/mol. The molecule has 0 saturated carbocycles. The Morgan fingerprint density at radius 2 is 0.680 bits per heavy atom. The lowest BCUT2D eigenvalue weighted by molar-refractivity contribution is -0.274. The van der Waals surface area contributed by atoms with E-state index in [0.29, 0.717) is 156 Å². The van der Waals surface area contributed by atoms with Gasteiger partial charge in [0.05, 0.1) is 40.2 Å². The maximum absolute atomic E-state index is 13.2. The van der Waals surface area contributed by atoms with Crippen LogP contribution in [0.15, 0.2) is 304 Å². The number of halogens is 13. The molecule has 3 amide bonds. The van der Waals surface area contributed by atoms with Crippen LogP contribution in [0.4, 0.5) is 13.2 Å². The first-order valence-electron chi connectivity index (χ1n) is 45.9. The van der Waals surface area contributed by atoms with Gasteiger partial charge < -0.3 is 58.4 Å². The number of carbonyl (C=O) groups excluding carboxylic acids is 4. The van der Waals surface area contributed by atoms with Crippen molar-refractivity contribution in [1.29, 1.82) is 0 Å². The van der Waals surface area contributed by atoms with Gasteiger partial charge in [0, 0.05) is 185 Å². The second kappa shape index (κ2) is 46.3. The van der Waals surface area contributed by atoms with E-state index in [2.05, 4.69) is 41.4 Å². The van der Waals surface area contributed by atoms with E-state index in [0.717, 1.165) is 85.9 Å². The largest absolute Gasteiger partial charge is 0.573 e. The van der Waals surface area contributed by atoms with Crippen molar-refractivity contribution in [3.63, 3.8) is 0 Å². The Morgan fingerprint density at radius 3 is 1.03 bits per heavy atom. The number of aromatic hydroxyl groups is 4. The molecular weight excluding hydrogens is 2090 g/mol. The molecule has 0 bridgehead atoms. The number of phenols is 4. The maximum Gasteiger partial charge on any atom is 0.573 e. The number of hydrogen-bond donors (Lipinski definition) is 6. The summed E-state index contributed by atoms with van der Waals surface area (Å²) in [4.78, 5) is 102. The molecule has 8 aliphatic rings. The Labute approximate surface area is 886 Å². The highest BCUT2D eigenvalue weighted by Crippen LogP contribution is 2.50. The smallest absolute Gasteiger partial charge is 0.506 e. The molecule has 0 unspecified atom stereocenters. The molecule has 33 heteroatoms. The minimum absolute atomic E-state index is 0.00738. The number of nitrogens with one attached hydrogen (secondary N) is 2. The Bertz CT molecular complexity index is 8330. The number of hydrogen-bond acceptors (Lipinski definition) is 17. The lowest BCUT2D eigenvalue weighted by Crippen LogP contribution is -2.32. The average Bonchev–Trinajstić information content (AvgIpc) is 0.759. The zero-order chi connectivity index (χ0) is 105. The zero-order valence-electron chi connectivity index (χ0n) is 77.6. The van der Waals surface area contributed by atoms with E-state index in [1.807, 2.05) is 59.5 Å². The molecule has 11 aromatic carbocycles. The summed E-state index contributed by atoms with van der Waals surface area (Å²) < 4.78 is 64.4. The Hall–Kier alpha value is -14.1. The van der Waals surface area contributed by atoms with Crippen LogP contribution in [0.1, 0.15) is 117 Å². The van der Waals surface area contributed by atoms with Crippen molar-refractivity contribution in [3.8, 4) is 119 Å². The molecule has 19 rings (SSSR count). The molecular formula is C114H82Cl10F3N3O17. The summed E-state index contributed by atoms with van der Waals surface area (Å²) >= 11 is 61.7. The zero-order valence-corrected chi connectivity index (χ0v) is 85.1. The van der Waals surface area contributed by atoms with Gasteiger partial charge in [0.15, 0.2) is 5.78 Å². The fourth-order valence-corrected chi connectivity index (χ4v) is 18.7. The summed E-state index contributed by atoms with van der Waals surface area (Å²) in [5.74, 6) is -0.259. The molecule has 20 nitrogen and oxygen atoms in total. The Morgan fingerprint density at radius 1 is 0.347 bits per heavy atom.